The molecule has 1 atom stereocenters. The van der Waals surface area contributed by atoms with Crippen LogP contribution < -0.4 is 0 Å². The molecule has 0 saturated heterocycles. The first-order valence-electron chi connectivity index (χ1n) is 9.82. The topological polar surface area (TPSA) is 6.48 Å². The van der Waals surface area contributed by atoms with Gasteiger partial charge >= 0.3 is 0 Å². The van der Waals surface area contributed by atoms with Crippen molar-refractivity contribution in [2.75, 3.05) is 34.7 Å². The van der Waals surface area contributed by atoms with Crippen molar-refractivity contribution in [1.82, 2.24) is 9.80 Å². The van der Waals surface area contributed by atoms with E-state index in [1.54, 1.807) is 0 Å². The van der Waals surface area contributed by atoms with E-state index in [2.05, 4.69) is 43.9 Å². The van der Waals surface area contributed by atoms with Gasteiger partial charge in [-0.25, -0.2) is 0 Å². The summed E-state index contributed by atoms with van der Waals surface area (Å²) in [6, 6.07) is 0.576. The SMILES string of the molecule is C#CCC(CCCCCCCCCCCCCN(C)C)N(C)C. The van der Waals surface area contributed by atoms with Gasteiger partial charge in [0.2, 0.25) is 0 Å². The van der Waals surface area contributed by atoms with Gasteiger partial charge in [-0.2, -0.15) is 0 Å². The predicted octanol–water partition coefficient (Wildman–Crippen LogP) is 5.18. The predicted molar refractivity (Wildman–Crippen MR) is 105 cm³/mol. The largest absolute Gasteiger partial charge is 0.309 e. The van der Waals surface area contributed by atoms with Crippen LogP contribution in [0.25, 0.3) is 0 Å². The molecule has 0 rings (SSSR count). The van der Waals surface area contributed by atoms with E-state index in [0.29, 0.717) is 6.04 Å². The fourth-order valence-electron chi connectivity index (χ4n) is 3.08. The highest BCUT2D eigenvalue weighted by Gasteiger charge is 2.08. The molecular weight excluding hydrogens is 280 g/mol. The summed E-state index contributed by atoms with van der Waals surface area (Å²) in [4.78, 5) is 4.56. The van der Waals surface area contributed by atoms with E-state index >= 15 is 0 Å². The Hall–Kier alpha value is -0.520. The lowest BCUT2D eigenvalue weighted by Crippen LogP contribution is -2.27. The highest BCUT2D eigenvalue weighted by molar-refractivity contribution is 4.89. The highest BCUT2D eigenvalue weighted by atomic mass is 15.1. The molecule has 0 bridgehead atoms. The monoisotopic (exact) mass is 322 g/mol. The van der Waals surface area contributed by atoms with Gasteiger partial charge in [-0.3, -0.25) is 0 Å². The average Bonchev–Trinajstić information content (AvgIpc) is 2.50. The standard InChI is InChI=1S/C21H42N2/c1-6-18-21(23(4)5)19-16-14-12-10-8-7-9-11-13-15-17-20-22(2)3/h1,21H,7-20H2,2-5H3. The Balaban J connectivity index is 3.23. The molecule has 0 heterocycles. The molecule has 0 spiro atoms. The van der Waals surface area contributed by atoms with Crippen LogP contribution in [0.5, 0.6) is 0 Å². The number of terminal acetylenes is 1. The van der Waals surface area contributed by atoms with Gasteiger partial charge in [-0.1, -0.05) is 64.2 Å². The molecule has 0 aliphatic carbocycles. The summed E-state index contributed by atoms with van der Waals surface area (Å²) in [5.41, 5.74) is 0. The lowest BCUT2D eigenvalue weighted by molar-refractivity contribution is 0.275. The molecule has 136 valence electrons. The van der Waals surface area contributed by atoms with Crippen molar-refractivity contribution in [3.63, 3.8) is 0 Å². The Morgan fingerprint density at radius 3 is 1.52 bits per heavy atom. The van der Waals surface area contributed by atoms with Crippen LogP contribution in [-0.2, 0) is 0 Å². The first-order chi connectivity index (χ1) is 11.1. The molecule has 2 nitrogen and oxygen atoms in total. The number of hydrogen-bond acceptors (Lipinski definition) is 2. The van der Waals surface area contributed by atoms with Gasteiger partial charge < -0.3 is 9.80 Å². The molecule has 23 heavy (non-hydrogen) atoms. The Morgan fingerprint density at radius 2 is 1.13 bits per heavy atom. The van der Waals surface area contributed by atoms with Crippen molar-refractivity contribution in [2.45, 2.75) is 89.5 Å². The summed E-state index contributed by atoms with van der Waals surface area (Å²) < 4.78 is 0. The van der Waals surface area contributed by atoms with Crippen molar-refractivity contribution in [1.29, 1.82) is 0 Å². The smallest absolute Gasteiger partial charge is 0.0242 e. The van der Waals surface area contributed by atoms with Crippen LogP contribution in [-0.4, -0.2) is 50.6 Å². The maximum Gasteiger partial charge on any atom is 0.0242 e. The van der Waals surface area contributed by atoms with E-state index in [1.165, 1.54) is 83.6 Å². The second-order valence-corrected chi connectivity index (χ2v) is 7.51. The summed E-state index contributed by atoms with van der Waals surface area (Å²) in [5, 5.41) is 0. The van der Waals surface area contributed by atoms with Crippen LogP contribution in [0.2, 0.25) is 0 Å². The maximum atomic E-state index is 5.44. The molecule has 0 aromatic carbocycles. The molecule has 0 fully saturated rings. The van der Waals surface area contributed by atoms with E-state index in [4.69, 9.17) is 6.42 Å². The Labute approximate surface area is 147 Å². The van der Waals surface area contributed by atoms with Crippen LogP contribution in [0, 0.1) is 12.3 Å². The van der Waals surface area contributed by atoms with Crippen LogP contribution in [0.3, 0.4) is 0 Å². The first kappa shape index (κ1) is 22.5. The highest BCUT2D eigenvalue weighted by Crippen LogP contribution is 2.14. The fraction of sp³-hybridized carbons (Fsp3) is 0.905. The molecule has 0 aromatic heterocycles. The Kier molecular flexibility index (Phi) is 16.0. The van der Waals surface area contributed by atoms with Crippen molar-refractivity contribution in [2.24, 2.45) is 0 Å². The minimum Gasteiger partial charge on any atom is -0.309 e. The lowest BCUT2D eigenvalue weighted by Gasteiger charge is -2.22. The summed E-state index contributed by atoms with van der Waals surface area (Å²) in [6.45, 7) is 1.25. The van der Waals surface area contributed by atoms with E-state index in [0.717, 1.165) is 6.42 Å². The normalized spacial score (nSPS) is 12.7. The first-order valence-corrected chi connectivity index (χ1v) is 9.82. The van der Waals surface area contributed by atoms with Crippen LogP contribution in [0.15, 0.2) is 0 Å². The van der Waals surface area contributed by atoms with Gasteiger partial charge in [0.25, 0.3) is 0 Å². The van der Waals surface area contributed by atoms with E-state index in [9.17, 15) is 0 Å². The number of hydrogen-bond donors (Lipinski definition) is 0. The number of rotatable bonds is 16. The minimum atomic E-state index is 0.576. The van der Waals surface area contributed by atoms with Gasteiger partial charge in [-0.15, -0.1) is 12.3 Å². The van der Waals surface area contributed by atoms with Crippen molar-refractivity contribution in [3.8, 4) is 12.3 Å². The molecule has 0 radical (unpaired) electrons. The van der Waals surface area contributed by atoms with Gasteiger partial charge in [0.15, 0.2) is 0 Å². The van der Waals surface area contributed by atoms with Crippen LogP contribution >= 0.6 is 0 Å². The molecule has 0 saturated carbocycles. The molecular formula is C21H42N2. The Morgan fingerprint density at radius 1 is 0.696 bits per heavy atom. The van der Waals surface area contributed by atoms with Gasteiger partial charge in [0, 0.05) is 12.5 Å². The third kappa shape index (κ3) is 16.1. The molecule has 0 amide bonds. The molecule has 0 aromatic rings. The van der Waals surface area contributed by atoms with Crippen molar-refractivity contribution >= 4 is 0 Å². The zero-order valence-electron chi connectivity index (χ0n) is 16.4. The number of unbranched alkanes of at least 4 members (excludes halogenated alkanes) is 10. The van der Waals surface area contributed by atoms with Crippen LogP contribution in [0.4, 0.5) is 0 Å². The second kappa shape index (κ2) is 16.3. The molecule has 0 aliphatic heterocycles. The zero-order valence-corrected chi connectivity index (χ0v) is 16.4. The van der Waals surface area contributed by atoms with E-state index in [1.807, 2.05) is 0 Å². The summed E-state index contributed by atoms with van der Waals surface area (Å²) in [5.74, 6) is 2.80. The lowest BCUT2D eigenvalue weighted by atomic mass is 10.0. The fourth-order valence-corrected chi connectivity index (χ4v) is 3.08. The average molecular weight is 323 g/mol. The Bertz CT molecular complexity index is 278. The summed E-state index contributed by atoms with van der Waals surface area (Å²) in [7, 11) is 8.61. The van der Waals surface area contributed by atoms with Gasteiger partial charge in [-0.05, 0) is 47.6 Å². The quantitative estimate of drug-likeness (QED) is 0.285. The third-order valence-corrected chi connectivity index (χ3v) is 4.73. The molecule has 0 aliphatic rings. The van der Waals surface area contributed by atoms with Gasteiger partial charge in [0.05, 0.1) is 0 Å². The van der Waals surface area contributed by atoms with E-state index in [-0.39, 0.29) is 0 Å². The van der Waals surface area contributed by atoms with Crippen LogP contribution in [0.1, 0.15) is 83.5 Å². The summed E-state index contributed by atoms with van der Waals surface area (Å²) >= 11 is 0. The third-order valence-electron chi connectivity index (χ3n) is 4.73. The molecule has 1 unspecified atom stereocenters. The van der Waals surface area contributed by atoms with Crippen molar-refractivity contribution < 1.29 is 0 Å². The summed E-state index contributed by atoms with van der Waals surface area (Å²) in [6.07, 6.45) is 23.0. The van der Waals surface area contributed by atoms with E-state index < -0.39 is 0 Å². The van der Waals surface area contributed by atoms with Gasteiger partial charge in [0.1, 0.15) is 0 Å². The maximum absolute atomic E-state index is 5.44. The molecule has 2 heteroatoms. The molecule has 0 N–H and O–H groups in total. The minimum absolute atomic E-state index is 0.576. The zero-order chi connectivity index (χ0) is 17.3. The van der Waals surface area contributed by atoms with Crippen molar-refractivity contribution in [3.05, 3.63) is 0 Å². The second-order valence-electron chi connectivity index (χ2n) is 7.51. The number of nitrogens with zero attached hydrogens (tertiary/aromatic N) is 2.